The summed E-state index contributed by atoms with van der Waals surface area (Å²) in [5.41, 5.74) is 2.17. The van der Waals surface area contributed by atoms with Gasteiger partial charge in [0, 0.05) is 12.1 Å². The minimum Gasteiger partial charge on any atom is -0.376 e. The summed E-state index contributed by atoms with van der Waals surface area (Å²) in [6, 6.07) is 15.4. The summed E-state index contributed by atoms with van der Waals surface area (Å²) in [4.78, 5) is 10.3. The first kappa shape index (κ1) is 16.1. The van der Waals surface area contributed by atoms with Crippen LogP contribution in [0.25, 0.3) is 5.69 Å². The number of anilines is 1. The minimum atomic E-state index is -0.528. The van der Waals surface area contributed by atoms with Crippen molar-refractivity contribution < 1.29 is 4.92 Å². The van der Waals surface area contributed by atoms with E-state index in [1.165, 1.54) is 18.2 Å². The molecule has 124 valence electrons. The predicted octanol–water partition coefficient (Wildman–Crippen LogP) is 3.22. The lowest BCUT2D eigenvalue weighted by atomic mass is 10.1. The van der Waals surface area contributed by atoms with Crippen molar-refractivity contribution in [2.75, 3.05) is 5.32 Å². The summed E-state index contributed by atoms with van der Waals surface area (Å²) in [7, 11) is 0. The summed E-state index contributed by atoms with van der Waals surface area (Å²) < 4.78 is 1.66. The van der Waals surface area contributed by atoms with Gasteiger partial charge in [0.25, 0.3) is 5.69 Å². The molecule has 0 amide bonds. The molecule has 8 nitrogen and oxygen atoms in total. The maximum absolute atomic E-state index is 10.8. The Hall–Kier alpha value is -3.73. The lowest BCUT2D eigenvalue weighted by Crippen LogP contribution is -2.08. The molecule has 1 heterocycles. The molecule has 1 unspecified atom stereocenters. The van der Waals surface area contributed by atoms with Gasteiger partial charge in [-0.3, -0.25) is 10.1 Å². The highest BCUT2D eigenvalue weighted by Crippen LogP contribution is 2.25. The van der Waals surface area contributed by atoms with E-state index in [2.05, 4.69) is 15.6 Å². The quantitative estimate of drug-likeness (QED) is 0.566. The van der Waals surface area contributed by atoms with Crippen LogP contribution in [0.15, 0.2) is 54.7 Å². The number of nitrogens with zero attached hydrogens (tertiary/aromatic N) is 5. The largest absolute Gasteiger partial charge is 0.376 e. The number of benzene rings is 2. The van der Waals surface area contributed by atoms with Gasteiger partial charge in [0.05, 0.1) is 34.1 Å². The van der Waals surface area contributed by atoms with Gasteiger partial charge in [0.2, 0.25) is 0 Å². The van der Waals surface area contributed by atoms with Gasteiger partial charge in [-0.1, -0.05) is 23.4 Å². The number of nitrogens with one attached hydrogen (secondary N) is 1. The van der Waals surface area contributed by atoms with Crippen LogP contribution in [0.3, 0.4) is 0 Å². The normalized spacial score (nSPS) is 11.5. The Labute approximate surface area is 143 Å². The highest BCUT2D eigenvalue weighted by atomic mass is 16.6. The number of nitriles is 1. The average Bonchev–Trinajstić information content (AvgIpc) is 3.13. The van der Waals surface area contributed by atoms with Crippen LogP contribution < -0.4 is 5.32 Å². The fourth-order valence-corrected chi connectivity index (χ4v) is 2.35. The van der Waals surface area contributed by atoms with E-state index in [-0.39, 0.29) is 17.3 Å². The molecule has 0 bridgehead atoms. The molecule has 0 aliphatic carbocycles. The number of para-hydroxylation sites is 1. The number of nitro groups is 1. The van der Waals surface area contributed by atoms with E-state index in [0.717, 1.165) is 5.69 Å². The Bertz CT molecular complexity index is 945. The monoisotopic (exact) mass is 334 g/mol. The van der Waals surface area contributed by atoms with E-state index in [9.17, 15) is 15.4 Å². The van der Waals surface area contributed by atoms with Crippen LogP contribution >= 0.6 is 0 Å². The number of rotatable bonds is 5. The molecule has 0 fully saturated rings. The van der Waals surface area contributed by atoms with Crippen molar-refractivity contribution in [1.82, 2.24) is 15.0 Å². The number of hydrogen-bond acceptors (Lipinski definition) is 6. The molecule has 0 aliphatic rings. The van der Waals surface area contributed by atoms with Crippen molar-refractivity contribution in [2.24, 2.45) is 0 Å². The Kier molecular flexibility index (Phi) is 4.39. The first-order valence-electron chi connectivity index (χ1n) is 7.51. The van der Waals surface area contributed by atoms with Crippen molar-refractivity contribution in [1.29, 1.82) is 5.26 Å². The van der Waals surface area contributed by atoms with E-state index < -0.39 is 4.92 Å². The van der Waals surface area contributed by atoms with Crippen molar-refractivity contribution in [3.8, 4) is 11.8 Å². The summed E-state index contributed by atoms with van der Waals surface area (Å²) in [6.45, 7) is 1.88. The van der Waals surface area contributed by atoms with E-state index in [0.29, 0.717) is 11.4 Å². The Morgan fingerprint density at radius 1 is 1.28 bits per heavy atom. The standard InChI is InChI=1S/C17H14N6O2/c1-12(17-11-22(21-20-17)14-5-3-2-4-6-14)19-16-8-7-15(23(24)25)9-13(16)10-18/h2-9,11-12,19H,1H3. The molecule has 1 N–H and O–H groups in total. The SMILES string of the molecule is CC(Nc1ccc([N+](=O)[O-])cc1C#N)c1cn(-c2ccccc2)nn1. The van der Waals surface area contributed by atoms with Crippen LogP contribution in [0.2, 0.25) is 0 Å². The molecule has 1 aromatic heterocycles. The predicted molar refractivity (Wildman–Crippen MR) is 91.2 cm³/mol. The van der Waals surface area contributed by atoms with Crippen LogP contribution in [0.4, 0.5) is 11.4 Å². The van der Waals surface area contributed by atoms with Crippen molar-refractivity contribution in [3.63, 3.8) is 0 Å². The molecule has 0 radical (unpaired) electrons. The Balaban J connectivity index is 1.81. The second-order valence-corrected chi connectivity index (χ2v) is 5.39. The lowest BCUT2D eigenvalue weighted by molar-refractivity contribution is -0.384. The van der Waals surface area contributed by atoms with Gasteiger partial charge in [0.1, 0.15) is 11.8 Å². The molecule has 2 aromatic carbocycles. The molecule has 25 heavy (non-hydrogen) atoms. The lowest BCUT2D eigenvalue weighted by Gasteiger charge is -2.13. The minimum absolute atomic E-state index is 0.121. The third kappa shape index (κ3) is 3.45. The Morgan fingerprint density at radius 3 is 2.72 bits per heavy atom. The third-order valence-corrected chi connectivity index (χ3v) is 3.68. The highest BCUT2D eigenvalue weighted by Gasteiger charge is 2.15. The fraction of sp³-hybridized carbons (Fsp3) is 0.118. The molecule has 0 spiro atoms. The number of aromatic nitrogens is 3. The first-order valence-corrected chi connectivity index (χ1v) is 7.51. The third-order valence-electron chi connectivity index (χ3n) is 3.68. The first-order chi connectivity index (χ1) is 12.1. The molecule has 3 aromatic rings. The van der Waals surface area contributed by atoms with Gasteiger partial charge in [-0.05, 0) is 25.1 Å². The molecular formula is C17H14N6O2. The van der Waals surface area contributed by atoms with Gasteiger partial charge < -0.3 is 5.32 Å². The molecule has 1 atom stereocenters. The van der Waals surface area contributed by atoms with Crippen LogP contribution in [0.1, 0.15) is 24.2 Å². The number of hydrogen-bond donors (Lipinski definition) is 1. The second-order valence-electron chi connectivity index (χ2n) is 5.39. The molecular weight excluding hydrogens is 320 g/mol. The molecule has 3 rings (SSSR count). The molecule has 8 heteroatoms. The maximum Gasteiger partial charge on any atom is 0.270 e. The van der Waals surface area contributed by atoms with Gasteiger partial charge in [-0.15, -0.1) is 5.10 Å². The highest BCUT2D eigenvalue weighted by molar-refractivity contribution is 5.62. The Morgan fingerprint density at radius 2 is 2.04 bits per heavy atom. The summed E-state index contributed by atoms with van der Waals surface area (Å²) in [5, 5.41) is 31.4. The van der Waals surface area contributed by atoms with E-state index in [4.69, 9.17) is 0 Å². The van der Waals surface area contributed by atoms with Crippen LogP contribution in [0.5, 0.6) is 0 Å². The number of non-ortho nitro benzene ring substituents is 1. The van der Waals surface area contributed by atoms with Crippen LogP contribution in [-0.2, 0) is 0 Å². The van der Waals surface area contributed by atoms with Crippen molar-refractivity contribution in [3.05, 3.63) is 76.1 Å². The zero-order valence-corrected chi connectivity index (χ0v) is 13.3. The smallest absolute Gasteiger partial charge is 0.270 e. The zero-order chi connectivity index (χ0) is 17.8. The summed E-state index contributed by atoms with van der Waals surface area (Å²) in [5.74, 6) is 0. The van der Waals surface area contributed by atoms with Gasteiger partial charge in [0.15, 0.2) is 0 Å². The average molecular weight is 334 g/mol. The molecule has 0 saturated carbocycles. The zero-order valence-electron chi connectivity index (χ0n) is 13.3. The van der Waals surface area contributed by atoms with Gasteiger partial charge in [-0.2, -0.15) is 5.26 Å². The summed E-state index contributed by atoms with van der Waals surface area (Å²) in [6.07, 6.45) is 1.80. The fourth-order valence-electron chi connectivity index (χ4n) is 2.35. The van der Waals surface area contributed by atoms with Crippen LogP contribution in [0, 0.1) is 21.4 Å². The van der Waals surface area contributed by atoms with E-state index in [1.54, 1.807) is 10.9 Å². The van der Waals surface area contributed by atoms with Gasteiger partial charge in [-0.25, -0.2) is 4.68 Å². The van der Waals surface area contributed by atoms with Crippen molar-refractivity contribution >= 4 is 11.4 Å². The van der Waals surface area contributed by atoms with E-state index in [1.807, 2.05) is 43.3 Å². The molecule has 0 saturated heterocycles. The maximum atomic E-state index is 10.8. The van der Waals surface area contributed by atoms with Crippen LogP contribution in [-0.4, -0.2) is 19.9 Å². The number of nitro benzene ring substituents is 1. The summed E-state index contributed by atoms with van der Waals surface area (Å²) >= 11 is 0. The van der Waals surface area contributed by atoms with E-state index >= 15 is 0 Å². The topological polar surface area (TPSA) is 110 Å². The van der Waals surface area contributed by atoms with Gasteiger partial charge >= 0.3 is 0 Å². The van der Waals surface area contributed by atoms with Crippen molar-refractivity contribution in [2.45, 2.75) is 13.0 Å². The molecule has 0 aliphatic heterocycles. The second kappa shape index (κ2) is 6.80.